The van der Waals surface area contributed by atoms with Crippen LogP contribution >= 0.6 is 0 Å². The summed E-state index contributed by atoms with van der Waals surface area (Å²) in [6, 6.07) is 25.5. The van der Waals surface area contributed by atoms with E-state index in [-0.39, 0.29) is 38.6 Å². The van der Waals surface area contributed by atoms with Gasteiger partial charge in [0.25, 0.3) is 5.91 Å². The average Bonchev–Trinajstić information content (AvgIpc) is 3.53. The third-order valence-electron chi connectivity index (χ3n) is 8.29. The highest BCUT2D eigenvalue weighted by atomic mass is 19.4. The van der Waals surface area contributed by atoms with Crippen LogP contribution in [0.2, 0.25) is 0 Å². The molecule has 15 heteroatoms. The average molecular weight is 699 g/mol. The highest BCUT2D eigenvalue weighted by molar-refractivity contribution is 6.01. The molecule has 0 saturated carbocycles. The minimum atomic E-state index is -4.51. The van der Waals surface area contributed by atoms with E-state index in [2.05, 4.69) is 25.4 Å². The van der Waals surface area contributed by atoms with Crippen molar-refractivity contribution in [1.29, 1.82) is 0 Å². The fraction of sp³-hybridized carbons (Fsp3) is 0.278. The summed E-state index contributed by atoms with van der Waals surface area (Å²) in [5, 5.41) is 19.4. The van der Waals surface area contributed by atoms with Crippen LogP contribution in [-0.2, 0) is 41.8 Å². The number of hydrogen-bond acceptors (Lipinski definition) is 7. The number of benzene rings is 4. The van der Waals surface area contributed by atoms with Gasteiger partial charge in [-0.15, -0.1) is 0 Å². The fourth-order valence-corrected chi connectivity index (χ4v) is 5.73. The number of aliphatic hydroxyl groups excluding tert-OH is 1. The van der Waals surface area contributed by atoms with E-state index in [1.165, 1.54) is 12.1 Å². The third-order valence-corrected chi connectivity index (χ3v) is 8.29. The van der Waals surface area contributed by atoms with Crippen molar-refractivity contribution in [3.63, 3.8) is 0 Å². The van der Waals surface area contributed by atoms with Crippen molar-refractivity contribution >= 4 is 11.8 Å². The van der Waals surface area contributed by atoms with Crippen LogP contribution < -0.4 is 10.1 Å². The second kappa shape index (κ2) is 16.6. The predicted octanol–water partition coefficient (Wildman–Crippen LogP) is 7.90. The lowest BCUT2D eigenvalue weighted by Crippen LogP contribution is -2.50. The Labute approximate surface area is 290 Å². The largest absolute Gasteiger partial charge is 0.494 e. The lowest BCUT2D eigenvalue weighted by atomic mass is 9.79. The molecule has 262 valence electrons. The van der Waals surface area contributed by atoms with Crippen molar-refractivity contribution in [2.75, 3.05) is 13.2 Å². The molecule has 0 bridgehead atoms. The number of ether oxygens (including phenoxy) is 2. The number of halogens is 3. The molecule has 0 fully saturated rings. The zero-order valence-corrected chi connectivity index (χ0v) is 27.2. The maximum atomic E-state index is 14.7. The molecule has 1 aliphatic rings. The Morgan fingerprint density at radius 3 is 2.18 bits per heavy atom. The Balaban J connectivity index is 1.62. The number of carbonyl (C=O) groups excluding carboxylic acids is 1. The Bertz CT molecular complexity index is 1960. The van der Waals surface area contributed by atoms with Gasteiger partial charge >= 0.3 is 6.18 Å². The smallest absolute Gasteiger partial charge is 0.416 e. The molecule has 51 heavy (non-hydrogen) atoms. The standard InChI is InChI=1S/C36H33F3N8O4/c37-36(38,39)29-14-10-24(11-15-29)21-42-34(49)35(20-26-6-1-2-7-27(26)22-43-46-40)32(31-9-4-3-8-28(31)23-44-47-41)51-33(45-35)25-12-16-30(17-13-25)50-19-5-18-48/h1-4,6-17,32,48H,5,18-23H2,(H,42,49)/t32-,35-/m1/s1. The minimum Gasteiger partial charge on any atom is -0.494 e. The number of nitrogens with one attached hydrogen (secondary N) is 1. The SMILES string of the molecule is [N-]=[N+]=NCc1ccccc1C[C@@]1(C(=O)NCc2ccc(C(F)(F)F)cc2)N=C(c2ccc(OCCCO)cc2)O[C@@H]1c1ccccc1CN=[N+]=[N-]. The first-order valence-electron chi connectivity index (χ1n) is 15.9. The third kappa shape index (κ3) is 8.78. The maximum absolute atomic E-state index is 14.7. The van der Waals surface area contributed by atoms with E-state index in [1.807, 2.05) is 0 Å². The van der Waals surface area contributed by atoms with E-state index in [9.17, 15) is 18.0 Å². The molecule has 0 unspecified atom stereocenters. The molecule has 0 aromatic heterocycles. The Kier molecular flexibility index (Phi) is 11.8. The molecule has 0 spiro atoms. The number of azide groups is 2. The number of aliphatic imine (C=N–C) groups is 1. The van der Waals surface area contributed by atoms with Gasteiger partial charge < -0.3 is 19.9 Å². The number of rotatable bonds is 15. The van der Waals surface area contributed by atoms with E-state index in [0.29, 0.717) is 52.2 Å². The topological polar surface area (TPSA) is 178 Å². The summed E-state index contributed by atoms with van der Waals surface area (Å²) in [4.78, 5) is 25.5. The first-order chi connectivity index (χ1) is 24.7. The van der Waals surface area contributed by atoms with Gasteiger partial charge in [-0.3, -0.25) is 4.79 Å². The lowest BCUT2D eigenvalue weighted by Gasteiger charge is -2.32. The van der Waals surface area contributed by atoms with E-state index in [4.69, 9.17) is 30.6 Å². The van der Waals surface area contributed by atoms with Crippen LogP contribution in [0.25, 0.3) is 20.9 Å². The van der Waals surface area contributed by atoms with Crippen molar-refractivity contribution in [2.24, 2.45) is 15.2 Å². The van der Waals surface area contributed by atoms with E-state index < -0.39 is 29.3 Å². The molecular weight excluding hydrogens is 665 g/mol. The van der Waals surface area contributed by atoms with Crippen molar-refractivity contribution in [2.45, 2.75) is 50.3 Å². The predicted molar refractivity (Wildman–Crippen MR) is 182 cm³/mol. The van der Waals surface area contributed by atoms with Gasteiger partial charge in [-0.2, -0.15) is 13.2 Å². The summed E-state index contributed by atoms with van der Waals surface area (Å²) < 4.78 is 51.9. The van der Waals surface area contributed by atoms with Crippen molar-refractivity contribution in [3.05, 3.63) is 157 Å². The Morgan fingerprint density at radius 1 is 0.902 bits per heavy atom. The molecule has 1 amide bonds. The summed E-state index contributed by atoms with van der Waals surface area (Å²) >= 11 is 0. The van der Waals surface area contributed by atoms with Gasteiger partial charge in [0.05, 0.1) is 25.3 Å². The maximum Gasteiger partial charge on any atom is 0.416 e. The number of amides is 1. The number of alkyl halides is 3. The fourth-order valence-electron chi connectivity index (χ4n) is 5.73. The van der Waals surface area contributed by atoms with Crippen LogP contribution in [0.15, 0.2) is 112 Å². The molecule has 1 heterocycles. The molecule has 4 aromatic carbocycles. The van der Waals surface area contributed by atoms with Crippen LogP contribution in [-0.4, -0.2) is 35.7 Å². The summed E-state index contributed by atoms with van der Waals surface area (Å²) in [6.07, 6.45) is -5.16. The molecule has 0 aliphatic carbocycles. The normalized spacial score (nSPS) is 16.6. The van der Waals surface area contributed by atoms with Gasteiger partial charge in [-0.1, -0.05) is 70.9 Å². The van der Waals surface area contributed by atoms with E-state index in [1.54, 1.807) is 72.8 Å². The van der Waals surface area contributed by atoms with Gasteiger partial charge in [-0.05, 0) is 75.3 Å². The van der Waals surface area contributed by atoms with Gasteiger partial charge in [0.15, 0.2) is 11.6 Å². The van der Waals surface area contributed by atoms with E-state index >= 15 is 0 Å². The minimum absolute atomic E-state index is 0.00321. The highest BCUT2D eigenvalue weighted by Crippen LogP contribution is 2.44. The number of hydrogen-bond donors (Lipinski definition) is 2. The zero-order valence-electron chi connectivity index (χ0n) is 27.2. The first-order valence-corrected chi connectivity index (χ1v) is 15.9. The monoisotopic (exact) mass is 698 g/mol. The molecule has 2 atom stereocenters. The van der Waals surface area contributed by atoms with Crippen LogP contribution in [0, 0.1) is 0 Å². The summed E-state index contributed by atoms with van der Waals surface area (Å²) in [6.45, 7) is 0.147. The molecule has 4 aromatic rings. The van der Waals surface area contributed by atoms with Crippen LogP contribution in [0.4, 0.5) is 13.2 Å². The number of carbonyl (C=O) groups is 1. The second-order valence-corrected chi connectivity index (χ2v) is 11.6. The zero-order chi connectivity index (χ0) is 36.3. The second-order valence-electron chi connectivity index (χ2n) is 11.6. The first kappa shape index (κ1) is 36.3. The molecular formula is C36H33F3N8O4. The van der Waals surface area contributed by atoms with Crippen molar-refractivity contribution in [1.82, 2.24) is 5.32 Å². The lowest BCUT2D eigenvalue weighted by molar-refractivity contribution is -0.137. The van der Waals surface area contributed by atoms with E-state index in [0.717, 1.165) is 12.1 Å². The van der Waals surface area contributed by atoms with Gasteiger partial charge in [0.1, 0.15) is 5.75 Å². The molecule has 0 saturated heterocycles. The number of aliphatic hydroxyl groups is 1. The van der Waals surface area contributed by atoms with Gasteiger partial charge in [-0.25, -0.2) is 4.99 Å². The number of nitrogens with zero attached hydrogens (tertiary/aromatic N) is 7. The quantitative estimate of drug-likeness (QED) is 0.0555. The Morgan fingerprint density at radius 2 is 1.53 bits per heavy atom. The van der Waals surface area contributed by atoms with Crippen molar-refractivity contribution in [3.8, 4) is 5.75 Å². The van der Waals surface area contributed by atoms with Gasteiger partial charge in [0.2, 0.25) is 5.90 Å². The summed E-state index contributed by atoms with van der Waals surface area (Å²) in [5.41, 5.74) is 19.0. The van der Waals surface area contributed by atoms with Crippen molar-refractivity contribution < 1.29 is 32.5 Å². The molecule has 0 radical (unpaired) electrons. The molecule has 5 rings (SSSR count). The summed E-state index contributed by atoms with van der Waals surface area (Å²) in [7, 11) is 0. The molecule has 1 aliphatic heterocycles. The molecule has 12 nitrogen and oxygen atoms in total. The summed E-state index contributed by atoms with van der Waals surface area (Å²) in [5.74, 6) is 0.107. The molecule has 2 N–H and O–H groups in total. The van der Waals surface area contributed by atoms with Gasteiger partial charge in [0, 0.05) is 41.4 Å². The Hall–Kier alpha value is -6.01. The van der Waals surface area contributed by atoms with Crippen LogP contribution in [0.1, 0.15) is 51.5 Å². The van der Waals surface area contributed by atoms with Crippen LogP contribution in [0.5, 0.6) is 5.75 Å². The van der Waals surface area contributed by atoms with Crippen LogP contribution in [0.3, 0.4) is 0 Å². The highest BCUT2D eigenvalue weighted by Gasteiger charge is 2.54.